The molecule has 0 aromatic carbocycles. The number of aryl methyl sites for hydroxylation is 1. The third kappa shape index (κ3) is 6.35. The molecule has 2 amide bonds. The lowest BCUT2D eigenvalue weighted by Crippen LogP contribution is -2.43. The van der Waals surface area contributed by atoms with Gasteiger partial charge < -0.3 is 10.2 Å². The van der Waals surface area contributed by atoms with Crippen molar-refractivity contribution >= 4 is 38.1 Å². The van der Waals surface area contributed by atoms with E-state index in [-0.39, 0.29) is 23.5 Å². The van der Waals surface area contributed by atoms with Crippen LogP contribution in [0.25, 0.3) is 0 Å². The van der Waals surface area contributed by atoms with E-state index in [4.69, 9.17) is 0 Å². The van der Waals surface area contributed by atoms with Gasteiger partial charge in [0, 0.05) is 24.4 Å². The number of anilines is 1. The van der Waals surface area contributed by atoms with Gasteiger partial charge in [-0.25, -0.2) is 13.4 Å². The van der Waals surface area contributed by atoms with E-state index in [0.29, 0.717) is 37.5 Å². The van der Waals surface area contributed by atoms with E-state index >= 15 is 0 Å². The summed E-state index contributed by atoms with van der Waals surface area (Å²) in [5, 5.41) is 5.27. The number of carbonyl (C=O) groups excluding carboxylic acids is 2. The summed E-state index contributed by atoms with van der Waals surface area (Å²) >= 11 is 1.39. The summed E-state index contributed by atoms with van der Waals surface area (Å²) in [6.07, 6.45) is 3.48. The van der Waals surface area contributed by atoms with Gasteiger partial charge in [-0.15, -0.1) is 11.3 Å². The average Bonchev–Trinajstić information content (AvgIpc) is 2.99. The molecule has 0 unspecified atom stereocenters. The third-order valence-electron chi connectivity index (χ3n) is 4.47. The number of hydrogen-bond donors (Lipinski definition) is 1. The molecule has 1 saturated heterocycles. The van der Waals surface area contributed by atoms with Crippen LogP contribution in [0.4, 0.5) is 5.13 Å². The zero-order valence-corrected chi connectivity index (χ0v) is 17.0. The monoisotopic (exact) mass is 401 g/mol. The summed E-state index contributed by atoms with van der Waals surface area (Å²) in [6, 6.07) is 0. The number of unbranched alkanes of at least 4 members (excludes halogenated alkanes) is 2. The molecule has 0 radical (unpaired) electrons. The van der Waals surface area contributed by atoms with Crippen LogP contribution in [0.2, 0.25) is 0 Å². The second-order valence-electron chi connectivity index (χ2n) is 6.74. The Labute approximate surface area is 159 Å². The van der Waals surface area contributed by atoms with Crippen molar-refractivity contribution in [3.8, 4) is 0 Å². The van der Waals surface area contributed by atoms with Crippen molar-refractivity contribution in [1.82, 2.24) is 9.88 Å². The van der Waals surface area contributed by atoms with E-state index in [1.807, 2.05) is 19.2 Å². The van der Waals surface area contributed by atoms with Crippen LogP contribution in [0.3, 0.4) is 0 Å². The molecule has 26 heavy (non-hydrogen) atoms. The quantitative estimate of drug-likeness (QED) is 0.674. The number of nitrogens with zero attached hydrogens (tertiary/aromatic N) is 2. The molecule has 1 N–H and O–H groups in total. The Hall–Kier alpha value is -1.48. The Kier molecular flexibility index (Phi) is 7.57. The summed E-state index contributed by atoms with van der Waals surface area (Å²) in [5.41, 5.74) is 0.867. The Bertz CT molecular complexity index is 722. The molecule has 9 heteroatoms. The fourth-order valence-corrected chi connectivity index (χ4v) is 4.97. The van der Waals surface area contributed by atoms with Crippen LogP contribution < -0.4 is 5.32 Å². The molecule has 146 valence electrons. The number of hydrogen-bond acceptors (Lipinski definition) is 6. The van der Waals surface area contributed by atoms with Gasteiger partial charge in [-0.1, -0.05) is 19.8 Å². The van der Waals surface area contributed by atoms with Crippen molar-refractivity contribution in [2.24, 2.45) is 5.92 Å². The molecule has 1 aromatic rings. The minimum atomic E-state index is -3.35. The van der Waals surface area contributed by atoms with E-state index in [2.05, 4.69) is 10.3 Å². The molecule has 1 aliphatic heterocycles. The highest BCUT2D eigenvalue weighted by atomic mass is 32.2. The van der Waals surface area contributed by atoms with Gasteiger partial charge in [0.15, 0.2) is 15.0 Å². The minimum Gasteiger partial charge on any atom is -0.342 e. The lowest BCUT2D eigenvalue weighted by molar-refractivity contribution is -0.132. The molecular formula is C17H27N3O4S2. The first-order chi connectivity index (χ1) is 12.3. The smallest absolute Gasteiger partial charge is 0.237 e. The second kappa shape index (κ2) is 9.45. The Balaban J connectivity index is 1.78. The van der Waals surface area contributed by atoms with Gasteiger partial charge in [0.2, 0.25) is 11.8 Å². The predicted octanol–water partition coefficient (Wildman–Crippen LogP) is 2.23. The van der Waals surface area contributed by atoms with Crippen molar-refractivity contribution < 1.29 is 18.0 Å². The summed E-state index contributed by atoms with van der Waals surface area (Å²) in [4.78, 5) is 30.3. The first-order valence-corrected chi connectivity index (χ1v) is 11.7. The SMILES string of the molecule is CCCCCS(=O)(=O)CC(=O)N1CCC(C(=O)Nc2nc(C)cs2)CC1. The van der Waals surface area contributed by atoms with Crippen LogP contribution in [0.1, 0.15) is 44.7 Å². The molecule has 2 rings (SSSR count). The predicted molar refractivity (Wildman–Crippen MR) is 103 cm³/mol. The zero-order valence-electron chi connectivity index (χ0n) is 15.4. The molecule has 0 bridgehead atoms. The highest BCUT2D eigenvalue weighted by Gasteiger charge is 2.29. The first kappa shape index (κ1) is 20.8. The Morgan fingerprint density at radius 2 is 2.00 bits per heavy atom. The molecular weight excluding hydrogens is 374 g/mol. The lowest BCUT2D eigenvalue weighted by atomic mass is 9.96. The van der Waals surface area contributed by atoms with Crippen LogP contribution in [0.5, 0.6) is 0 Å². The van der Waals surface area contributed by atoms with Gasteiger partial charge in [-0.05, 0) is 26.2 Å². The maximum Gasteiger partial charge on any atom is 0.237 e. The number of thiazole rings is 1. The van der Waals surface area contributed by atoms with Crippen molar-refractivity contribution in [2.45, 2.75) is 46.0 Å². The number of rotatable bonds is 8. The average molecular weight is 402 g/mol. The number of sulfone groups is 1. The summed E-state index contributed by atoms with van der Waals surface area (Å²) in [7, 11) is -3.35. The number of aromatic nitrogens is 1. The number of nitrogens with one attached hydrogen (secondary N) is 1. The Morgan fingerprint density at radius 1 is 1.31 bits per heavy atom. The second-order valence-corrected chi connectivity index (χ2v) is 9.78. The maximum absolute atomic E-state index is 12.3. The van der Waals surface area contributed by atoms with Crippen LogP contribution in [-0.2, 0) is 19.4 Å². The number of carbonyl (C=O) groups is 2. The van der Waals surface area contributed by atoms with E-state index in [1.54, 1.807) is 4.90 Å². The molecule has 1 aliphatic rings. The van der Waals surface area contributed by atoms with Crippen LogP contribution in [-0.4, -0.2) is 54.7 Å². The minimum absolute atomic E-state index is 0.0681. The molecule has 0 spiro atoms. The maximum atomic E-state index is 12.3. The normalized spacial score (nSPS) is 15.8. The fraction of sp³-hybridized carbons (Fsp3) is 0.706. The van der Waals surface area contributed by atoms with E-state index in [1.165, 1.54) is 11.3 Å². The van der Waals surface area contributed by atoms with Gasteiger partial charge >= 0.3 is 0 Å². The fourth-order valence-electron chi connectivity index (χ4n) is 2.93. The van der Waals surface area contributed by atoms with Crippen molar-refractivity contribution in [2.75, 3.05) is 29.9 Å². The van der Waals surface area contributed by atoms with Gasteiger partial charge in [-0.3, -0.25) is 9.59 Å². The zero-order chi connectivity index (χ0) is 19.2. The molecule has 0 atom stereocenters. The third-order valence-corrected chi connectivity index (χ3v) is 6.94. The highest BCUT2D eigenvalue weighted by molar-refractivity contribution is 7.92. The molecule has 2 heterocycles. The van der Waals surface area contributed by atoms with Gasteiger partial charge in [-0.2, -0.15) is 0 Å². The molecule has 1 fully saturated rings. The highest BCUT2D eigenvalue weighted by Crippen LogP contribution is 2.21. The number of likely N-dealkylation sites (tertiary alicyclic amines) is 1. The summed E-state index contributed by atoms with van der Waals surface area (Å²) in [5.74, 6) is -0.969. The molecule has 0 aliphatic carbocycles. The summed E-state index contributed by atoms with van der Waals surface area (Å²) < 4.78 is 24.0. The largest absolute Gasteiger partial charge is 0.342 e. The summed E-state index contributed by atoms with van der Waals surface area (Å²) in [6.45, 7) is 4.71. The first-order valence-electron chi connectivity index (χ1n) is 9.02. The van der Waals surface area contributed by atoms with E-state index < -0.39 is 15.6 Å². The van der Waals surface area contributed by atoms with Gasteiger partial charge in [0.25, 0.3) is 0 Å². The van der Waals surface area contributed by atoms with Crippen LogP contribution in [0, 0.1) is 12.8 Å². The van der Waals surface area contributed by atoms with E-state index in [0.717, 1.165) is 18.5 Å². The standard InChI is InChI=1S/C17H27N3O4S2/c1-3-4-5-10-26(23,24)12-15(21)20-8-6-14(7-9-20)16(22)19-17-18-13(2)11-25-17/h11,14H,3-10,12H2,1-2H3,(H,18,19,22). The Morgan fingerprint density at radius 3 is 2.58 bits per heavy atom. The number of amides is 2. The van der Waals surface area contributed by atoms with Gasteiger partial charge in [0.1, 0.15) is 5.75 Å². The topological polar surface area (TPSA) is 96.4 Å². The van der Waals surface area contributed by atoms with Crippen molar-refractivity contribution in [1.29, 1.82) is 0 Å². The van der Waals surface area contributed by atoms with E-state index in [9.17, 15) is 18.0 Å². The van der Waals surface area contributed by atoms with Crippen LogP contribution in [0.15, 0.2) is 5.38 Å². The lowest BCUT2D eigenvalue weighted by Gasteiger charge is -2.31. The molecule has 1 aromatic heterocycles. The number of piperidine rings is 1. The molecule has 0 saturated carbocycles. The van der Waals surface area contributed by atoms with Crippen LogP contribution >= 0.6 is 11.3 Å². The van der Waals surface area contributed by atoms with Crippen molar-refractivity contribution in [3.05, 3.63) is 11.1 Å². The van der Waals surface area contributed by atoms with Crippen molar-refractivity contribution in [3.63, 3.8) is 0 Å². The van der Waals surface area contributed by atoms with Gasteiger partial charge in [0.05, 0.1) is 11.4 Å². The molecule has 7 nitrogen and oxygen atoms in total.